The maximum atomic E-state index is 4.72. The summed E-state index contributed by atoms with van der Waals surface area (Å²) in [7, 11) is 0. The van der Waals surface area contributed by atoms with Gasteiger partial charge in [-0.25, -0.2) is 0 Å². The van der Waals surface area contributed by atoms with Crippen molar-refractivity contribution in [3.8, 4) is 11.3 Å². The molecule has 0 bridgehead atoms. The number of rotatable bonds is 7. The smallest absolute Gasteiger partial charge is 0.0783 e. The van der Waals surface area contributed by atoms with E-state index in [9.17, 15) is 0 Å². The van der Waals surface area contributed by atoms with E-state index < -0.39 is 0 Å². The number of nitrogens with one attached hydrogen (secondary N) is 1. The van der Waals surface area contributed by atoms with Gasteiger partial charge in [-0.15, -0.1) is 0 Å². The fraction of sp³-hybridized carbons (Fsp3) is 0.344. The first kappa shape index (κ1) is 27.4. The van der Waals surface area contributed by atoms with Gasteiger partial charge in [0, 0.05) is 45.7 Å². The highest BCUT2D eigenvalue weighted by atomic mass is 32.2. The zero-order valence-corrected chi connectivity index (χ0v) is 24.0. The third-order valence-corrected chi connectivity index (χ3v) is 8.56. The van der Waals surface area contributed by atoms with E-state index in [-0.39, 0.29) is 0 Å². The number of fused-ring (bicyclic) bond motifs is 1. The van der Waals surface area contributed by atoms with Crippen molar-refractivity contribution in [3.63, 3.8) is 0 Å². The van der Waals surface area contributed by atoms with E-state index in [2.05, 4.69) is 103 Å². The minimum Gasteiger partial charge on any atom is -0.326 e. The van der Waals surface area contributed by atoms with Gasteiger partial charge in [0.1, 0.15) is 0 Å². The van der Waals surface area contributed by atoms with E-state index >= 15 is 0 Å². The van der Waals surface area contributed by atoms with Crippen molar-refractivity contribution in [1.29, 1.82) is 0 Å². The summed E-state index contributed by atoms with van der Waals surface area (Å²) in [6.45, 7) is 7.71. The molecule has 2 heterocycles. The lowest BCUT2D eigenvalue weighted by Gasteiger charge is -2.21. The summed E-state index contributed by atoms with van der Waals surface area (Å²) in [5.41, 5.74) is 5.82. The number of pyridine rings is 1. The van der Waals surface area contributed by atoms with Crippen LogP contribution in [-0.4, -0.2) is 17.3 Å². The third kappa shape index (κ3) is 7.68. The van der Waals surface area contributed by atoms with Gasteiger partial charge in [0.05, 0.1) is 5.69 Å². The Balaban J connectivity index is 0.000000586. The largest absolute Gasteiger partial charge is 0.326 e. The lowest BCUT2D eigenvalue weighted by molar-refractivity contribution is 0.751. The van der Waals surface area contributed by atoms with Gasteiger partial charge in [-0.05, 0) is 97.1 Å². The standard InChI is InChI=1S/C27H27N3S2.C5H12/c1-20-9-10-22(19-26(20)27-25-8-4-3-7-21(25)15-16-28-27)29-32-24-13-11-23(12-14-24)30-17-5-2-6-18-31-30;1-3-5-4-2/h3-4,7-16,19,29H,2,5-6,17-18H2,1H3;3-5H2,1-2H3. The molecule has 37 heavy (non-hydrogen) atoms. The molecule has 1 fully saturated rings. The van der Waals surface area contributed by atoms with Crippen molar-refractivity contribution in [2.75, 3.05) is 21.3 Å². The summed E-state index contributed by atoms with van der Waals surface area (Å²) >= 11 is 3.61. The molecule has 5 heteroatoms. The number of nitrogens with zero attached hydrogens (tertiary/aromatic N) is 2. The van der Waals surface area contributed by atoms with E-state index in [4.69, 9.17) is 4.98 Å². The van der Waals surface area contributed by atoms with Crippen LogP contribution in [0.2, 0.25) is 0 Å². The SMILES string of the molecule is CCCCC.Cc1ccc(NSc2ccc(N3CCCCCS3)cc2)cc1-c1nccc2ccccc12. The summed E-state index contributed by atoms with van der Waals surface area (Å²) in [5.74, 6) is 1.22. The highest BCUT2D eigenvalue weighted by Crippen LogP contribution is 2.33. The van der Waals surface area contributed by atoms with Crippen LogP contribution in [0.25, 0.3) is 22.0 Å². The average molecular weight is 530 g/mol. The van der Waals surface area contributed by atoms with Crippen LogP contribution in [0.3, 0.4) is 0 Å². The Morgan fingerprint density at radius 2 is 1.73 bits per heavy atom. The van der Waals surface area contributed by atoms with Crippen molar-refractivity contribution < 1.29 is 0 Å². The molecule has 3 nitrogen and oxygen atoms in total. The molecule has 3 aromatic carbocycles. The van der Waals surface area contributed by atoms with Gasteiger partial charge >= 0.3 is 0 Å². The molecular weight excluding hydrogens is 491 g/mol. The summed E-state index contributed by atoms with van der Waals surface area (Å²) in [4.78, 5) is 5.92. The number of aryl methyl sites for hydroxylation is 1. The molecule has 0 unspecified atom stereocenters. The average Bonchev–Trinajstić information content (AvgIpc) is 3.23. The molecule has 5 rings (SSSR count). The molecule has 0 amide bonds. The molecule has 0 radical (unpaired) electrons. The predicted octanol–water partition coefficient (Wildman–Crippen LogP) is 10.2. The molecule has 1 saturated heterocycles. The molecule has 1 aromatic heterocycles. The first-order chi connectivity index (χ1) is 18.2. The second-order valence-electron chi connectivity index (χ2n) is 9.46. The van der Waals surface area contributed by atoms with Crippen molar-refractivity contribution in [2.45, 2.75) is 64.2 Å². The molecule has 0 atom stereocenters. The monoisotopic (exact) mass is 529 g/mol. The summed E-state index contributed by atoms with van der Waals surface area (Å²) in [5, 5.41) is 2.40. The van der Waals surface area contributed by atoms with E-state index in [1.54, 1.807) is 11.9 Å². The molecule has 1 aliphatic heterocycles. The van der Waals surface area contributed by atoms with Crippen molar-refractivity contribution in [2.24, 2.45) is 0 Å². The van der Waals surface area contributed by atoms with Crippen LogP contribution in [0.15, 0.2) is 83.9 Å². The van der Waals surface area contributed by atoms with Crippen LogP contribution in [0.1, 0.15) is 57.9 Å². The van der Waals surface area contributed by atoms with Gasteiger partial charge in [-0.2, -0.15) is 0 Å². The molecule has 1 N–H and O–H groups in total. The Labute approximate surface area is 231 Å². The number of hydrogen-bond acceptors (Lipinski definition) is 5. The highest BCUT2D eigenvalue weighted by Gasteiger charge is 2.12. The van der Waals surface area contributed by atoms with Crippen molar-refractivity contribution >= 4 is 46.0 Å². The second-order valence-corrected chi connectivity index (χ2v) is 11.4. The molecule has 0 saturated carbocycles. The quantitative estimate of drug-likeness (QED) is 0.240. The van der Waals surface area contributed by atoms with Crippen molar-refractivity contribution in [3.05, 3.63) is 84.6 Å². The van der Waals surface area contributed by atoms with Crippen LogP contribution in [0.4, 0.5) is 11.4 Å². The molecule has 0 spiro atoms. The maximum absolute atomic E-state index is 4.72. The summed E-state index contributed by atoms with van der Waals surface area (Å²) < 4.78 is 5.97. The van der Waals surface area contributed by atoms with Crippen LogP contribution < -0.4 is 9.03 Å². The van der Waals surface area contributed by atoms with Gasteiger partial charge < -0.3 is 9.03 Å². The zero-order valence-electron chi connectivity index (χ0n) is 22.4. The van der Waals surface area contributed by atoms with Crippen LogP contribution in [0, 0.1) is 6.92 Å². The van der Waals surface area contributed by atoms with Gasteiger partial charge in [-0.3, -0.25) is 4.98 Å². The topological polar surface area (TPSA) is 28.2 Å². The fourth-order valence-corrected chi connectivity index (χ4v) is 6.12. The summed E-state index contributed by atoms with van der Waals surface area (Å²) in [6, 6.07) is 25.9. The minimum atomic E-state index is 1.04. The van der Waals surface area contributed by atoms with Gasteiger partial charge in [0.2, 0.25) is 0 Å². The molecule has 4 aromatic rings. The molecule has 0 aliphatic carbocycles. The number of anilines is 2. The van der Waals surface area contributed by atoms with Gasteiger partial charge in [-0.1, -0.05) is 69.9 Å². The lowest BCUT2D eigenvalue weighted by Crippen LogP contribution is -2.14. The molecular formula is C32H39N3S2. The Morgan fingerprint density at radius 3 is 2.51 bits per heavy atom. The predicted molar refractivity (Wildman–Crippen MR) is 167 cm³/mol. The van der Waals surface area contributed by atoms with Gasteiger partial charge in [0.25, 0.3) is 0 Å². The summed E-state index contributed by atoms with van der Waals surface area (Å²) in [6.07, 6.45) is 9.93. The van der Waals surface area contributed by atoms with Crippen molar-refractivity contribution in [1.82, 2.24) is 4.98 Å². The van der Waals surface area contributed by atoms with E-state index in [1.807, 2.05) is 18.1 Å². The number of aromatic nitrogens is 1. The number of benzene rings is 3. The molecule has 1 aliphatic rings. The lowest BCUT2D eigenvalue weighted by atomic mass is 10.00. The van der Waals surface area contributed by atoms with Crippen LogP contribution in [0.5, 0.6) is 0 Å². The Morgan fingerprint density at radius 1 is 0.919 bits per heavy atom. The minimum absolute atomic E-state index is 1.04. The van der Waals surface area contributed by atoms with Gasteiger partial charge in [0.15, 0.2) is 0 Å². The van der Waals surface area contributed by atoms with Crippen LogP contribution in [-0.2, 0) is 0 Å². The first-order valence-electron chi connectivity index (χ1n) is 13.6. The Kier molecular flexibility index (Phi) is 10.6. The Bertz CT molecular complexity index is 1240. The van der Waals surface area contributed by atoms with E-state index in [0.717, 1.165) is 17.9 Å². The molecule has 194 valence electrons. The van der Waals surface area contributed by atoms with E-state index in [1.165, 1.54) is 76.8 Å². The second kappa shape index (κ2) is 14.3. The normalized spacial score (nSPS) is 13.5. The van der Waals surface area contributed by atoms with Crippen LogP contribution >= 0.6 is 23.9 Å². The zero-order chi connectivity index (χ0) is 25.9. The Hall–Kier alpha value is -2.63. The third-order valence-electron chi connectivity index (χ3n) is 6.54. The fourth-order valence-electron chi connectivity index (χ4n) is 4.40. The maximum Gasteiger partial charge on any atom is 0.0783 e. The first-order valence-corrected chi connectivity index (χ1v) is 15.3. The number of unbranched alkanes of at least 4 members (excludes halogenated alkanes) is 2. The highest BCUT2D eigenvalue weighted by molar-refractivity contribution is 8.00. The number of hydrogen-bond donors (Lipinski definition) is 1. The van der Waals surface area contributed by atoms with E-state index in [0.29, 0.717) is 0 Å².